The van der Waals surface area contributed by atoms with E-state index in [2.05, 4.69) is 0 Å². The summed E-state index contributed by atoms with van der Waals surface area (Å²) in [6.07, 6.45) is 0. The second kappa shape index (κ2) is 4.86. The summed E-state index contributed by atoms with van der Waals surface area (Å²) in [5.41, 5.74) is 0.594. The Kier molecular flexibility index (Phi) is 2.90. The third kappa shape index (κ3) is 1.76. The van der Waals surface area contributed by atoms with Crippen molar-refractivity contribution in [3.63, 3.8) is 0 Å². The molecule has 118 valence electrons. The molecule has 0 atom stereocenters. The molecule has 0 fully saturated rings. The standard InChI is InChI=1S/C18H11FN2O3/c1-20-18(24)14-15(21(20)11-5-3-2-4-6-11)12-8-7-10(19)9-13(12)16(22)17(14)23/h2-9H,1H3. The number of hydrogen-bond donors (Lipinski definition) is 0. The van der Waals surface area contributed by atoms with E-state index in [0.29, 0.717) is 16.9 Å². The number of Topliss-reactive ketones (excluding diaryl/α,β-unsaturated/α-hetero) is 2. The van der Waals surface area contributed by atoms with E-state index in [-0.39, 0.29) is 11.1 Å². The molecule has 2 aromatic carbocycles. The first-order chi connectivity index (χ1) is 11.5. The van der Waals surface area contributed by atoms with Gasteiger partial charge >= 0.3 is 0 Å². The quantitative estimate of drug-likeness (QED) is 0.646. The van der Waals surface area contributed by atoms with Crippen molar-refractivity contribution in [2.45, 2.75) is 0 Å². The molecule has 0 saturated carbocycles. The number of carbonyl (C=O) groups excluding carboxylic acids is 2. The number of nitrogens with zero attached hydrogens (tertiary/aromatic N) is 2. The monoisotopic (exact) mass is 322 g/mol. The number of ketones is 2. The van der Waals surface area contributed by atoms with E-state index in [4.69, 9.17) is 0 Å². The summed E-state index contributed by atoms with van der Waals surface area (Å²) >= 11 is 0. The topological polar surface area (TPSA) is 61.1 Å². The van der Waals surface area contributed by atoms with E-state index < -0.39 is 22.9 Å². The second-order valence-corrected chi connectivity index (χ2v) is 5.55. The average molecular weight is 322 g/mol. The van der Waals surface area contributed by atoms with E-state index in [9.17, 15) is 18.8 Å². The molecule has 0 radical (unpaired) electrons. The maximum atomic E-state index is 13.5. The van der Waals surface area contributed by atoms with E-state index in [1.807, 2.05) is 6.07 Å². The van der Waals surface area contributed by atoms with E-state index in [1.54, 1.807) is 28.9 Å². The molecule has 0 N–H and O–H groups in total. The molecule has 1 aromatic heterocycles. The molecular weight excluding hydrogens is 311 g/mol. The van der Waals surface area contributed by atoms with Crippen molar-refractivity contribution < 1.29 is 14.0 Å². The minimum absolute atomic E-state index is 0.0252. The summed E-state index contributed by atoms with van der Waals surface area (Å²) in [6, 6.07) is 12.7. The zero-order valence-corrected chi connectivity index (χ0v) is 12.6. The normalized spacial score (nSPS) is 12.9. The molecule has 0 aliphatic heterocycles. The zero-order valence-electron chi connectivity index (χ0n) is 12.6. The SMILES string of the molecule is Cn1c(=O)c2c(n1-c1ccccc1)-c1ccc(F)cc1C(=O)C2=O. The van der Waals surface area contributed by atoms with Gasteiger partial charge in [0, 0.05) is 18.2 Å². The predicted octanol–water partition coefficient (Wildman–Crippen LogP) is 2.36. The molecule has 1 aliphatic carbocycles. The first kappa shape index (κ1) is 14.3. The van der Waals surface area contributed by atoms with Crippen LogP contribution in [-0.4, -0.2) is 20.9 Å². The Balaban J connectivity index is 2.17. The van der Waals surface area contributed by atoms with Crippen LogP contribution in [0.4, 0.5) is 4.39 Å². The van der Waals surface area contributed by atoms with Crippen molar-refractivity contribution in [1.29, 1.82) is 0 Å². The van der Waals surface area contributed by atoms with Gasteiger partial charge in [-0.15, -0.1) is 0 Å². The Bertz CT molecular complexity index is 1080. The van der Waals surface area contributed by atoms with Crippen LogP contribution in [-0.2, 0) is 7.05 Å². The van der Waals surface area contributed by atoms with E-state index in [1.165, 1.54) is 23.9 Å². The molecule has 0 amide bonds. The summed E-state index contributed by atoms with van der Waals surface area (Å²) in [4.78, 5) is 37.2. The number of rotatable bonds is 1. The van der Waals surface area contributed by atoms with Crippen LogP contribution in [0.2, 0.25) is 0 Å². The molecule has 1 heterocycles. The van der Waals surface area contributed by atoms with Gasteiger partial charge in [0.15, 0.2) is 0 Å². The van der Waals surface area contributed by atoms with Crippen LogP contribution in [0.3, 0.4) is 0 Å². The molecule has 1 aliphatic rings. The first-order valence-electron chi connectivity index (χ1n) is 7.27. The lowest BCUT2D eigenvalue weighted by atomic mass is 9.88. The second-order valence-electron chi connectivity index (χ2n) is 5.55. The number of hydrogen-bond acceptors (Lipinski definition) is 3. The van der Waals surface area contributed by atoms with Crippen molar-refractivity contribution in [2.24, 2.45) is 7.05 Å². The molecule has 6 heteroatoms. The first-order valence-corrected chi connectivity index (χ1v) is 7.27. The molecular formula is C18H11FN2O3. The van der Waals surface area contributed by atoms with Crippen LogP contribution in [0.15, 0.2) is 53.3 Å². The summed E-state index contributed by atoms with van der Waals surface area (Å²) in [5, 5.41) is 0. The molecule has 4 rings (SSSR count). The molecule has 24 heavy (non-hydrogen) atoms. The van der Waals surface area contributed by atoms with Gasteiger partial charge in [-0.25, -0.2) is 13.8 Å². The van der Waals surface area contributed by atoms with Crippen molar-refractivity contribution >= 4 is 11.6 Å². The van der Waals surface area contributed by atoms with Crippen molar-refractivity contribution in [1.82, 2.24) is 9.36 Å². The summed E-state index contributed by atoms with van der Waals surface area (Å²) in [7, 11) is 1.52. The smallest absolute Gasteiger partial charge is 0.278 e. The van der Waals surface area contributed by atoms with Gasteiger partial charge in [-0.05, 0) is 30.3 Å². The Morgan fingerprint density at radius 1 is 0.875 bits per heavy atom. The van der Waals surface area contributed by atoms with Gasteiger partial charge in [0.05, 0.1) is 11.4 Å². The Morgan fingerprint density at radius 3 is 2.29 bits per heavy atom. The lowest BCUT2D eigenvalue weighted by Gasteiger charge is -2.18. The number of benzene rings is 2. The van der Waals surface area contributed by atoms with Crippen molar-refractivity contribution in [3.05, 3.63) is 75.8 Å². The Labute approximate surface area is 135 Å². The highest BCUT2D eigenvalue weighted by Crippen LogP contribution is 2.34. The van der Waals surface area contributed by atoms with Gasteiger partial charge in [0.1, 0.15) is 11.4 Å². The maximum absolute atomic E-state index is 13.5. The Hall–Kier alpha value is -3.28. The number of aromatic nitrogens is 2. The Morgan fingerprint density at radius 2 is 1.58 bits per heavy atom. The van der Waals surface area contributed by atoms with Crippen molar-refractivity contribution in [2.75, 3.05) is 0 Å². The average Bonchev–Trinajstić information content (AvgIpc) is 2.85. The fourth-order valence-electron chi connectivity index (χ4n) is 3.08. The largest absolute Gasteiger partial charge is 0.285 e. The lowest BCUT2D eigenvalue weighted by molar-refractivity contribution is 0.0814. The van der Waals surface area contributed by atoms with Crippen LogP contribution >= 0.6 is 0 Å². The summed E-state index contributed by atoms with van der Waals surface area (Å²) in [5.74, 6) is -2.37. The minimum Gasteiger partial charge on any atom is -0.285 e. The predicted molar refractivity (Wildman–Crippen MR) is 85.1 cm³/mol. The number of fused-ring (bicyclic) bond motifs is 3. The molecule has 0 spiro atoms. The van der Waals surface area contributed by atoms with Crippen LogP contribution in [0.5, 0.6) is 0 Å². The summed E-state index contributed by atoms with van der Waals surface area (Å²) in [6.45, 7) is 0. The highest BCUT2D eigenvalue weighted by Gasteiger charge is 2.37. The fourth-order valence-corrected chi connectivity index (χ4v) is 3.08. The van der Waals surface area contributed by atoms with Crippen LogP contribution < -0.4 is 5.56 Å². The van der Waals surface area contributed by atoms with Crippen molar-refractivity contribution in [3.8, 4) is 16.9 Å². The van der Waals surface area contributed by atoms with Crippen LogP contribution in [0.25, 0.3) is 16.9 Å². The fraction of sp³-hybridized carbons (Fsp3) is 0.0556. The number of carbonyl (C=O) groups is 2. The van der Waals surface area contributed by atoms with Crippen LogP contribution in [0.1, 0.15) is 20.7 Å². The minimum atomic E-state index is -0.904. The highest BCUT2D eigenvalue weighted by molar-refractivity contribution is 6.52. The van der Waals surface area contributed by atoms with E-state index in [0.717, 1.165) is 6.07 Å². The number of para-hydroxylation sites is 1. The van der Waals surface area contributed by atoms with Gasteiger partial charge < -0.3 is 0 Å². The van der Waals surface area contributed by atoms with Gasteiger partial charge in [0.25, 0.3) is 5.56 Å². The lowest BCUT2D eigenvalue weighted by Crippen LogP contribution is -2.27. The molecule has 0 saturated heterocycles. The van der Waals surface area contributed by atoms with E-state index >= 15 is 0 Å². The maximum Gasteiger partial charge on any atom is 0.278 e. The van der Waals surface area contributed by atoms with Gasteiger partial charge in [-0.3, -0.25) is 14.4 Å². The van der Waals surface area contributed by atoms with Crippen LogP contribution in [0, 0.1) is 5.82 Å². The van der Waals surface area contributed by atoms with Gasteiger partial charge in [-0.1, -0.05) is 18.2 Å². The molecule has 0 bridgehead atoms. The zero-order chi connectivity index (χ0) is 17.0. The van der Waals surface area contributed by atoms with Gasteiger partial charge in [-0.2, -0.15) is 0 Å². The highest BCUT2D eigenvalue weighted by atomic mass is 19.1. The third-order valence-corrected chi connectivity index (χ3v) is 4.17. The molecule has 3 aromatic rings. The number of halogens is 1. The third-order valence-electron chi connectivity index (χ3n) is 4.17. The van der Waals surface area contributed by atoms with Gasteiger partial charge in [0.2, 0.25) is 11.6 Å². The summed E-state index contributed by atoms with van der Waals surface area (Å²) < 4.78 is 16.4. The molecule has 0 unspecified atom stereocenters. The molecule has 5 nitrogen and oxygen atoms in total.